The van der Waals surface area contributed by atoms with E-state index in [2.05, 4.69) is 39.2 Å². The van der Waals surface area contributed by atoms with Gasteiger partial charge in [-0.2, -0.15) is 0 Å². The fourth-order valence-corrected chi connectivity index (χ4v) is 3.45. The minimum Gasteiger partial charge on any atom is -0.355 e. The number of carbonyl (C=O) groups is 1. The number of rotatable bonds is 7. The van der Waals surface area contributed by atoms with E-state index in [1.807, 2.05) is 18.2 Å². The SMILES string of the molecule is CN(C)[C@H]1CCN(CC(=O)NCCCc2nc3ccc(Cl)cc3[nH]2)C1. The van der Waals surface area contributed by atoms with Gasteiger partial charge >= 0.3 is 0 Å². The molecule has 2 heterocycles. The number of halogens is 1. The molecule has 1 saturated heterocycles. The Morgan fingerprint density at radius 3 is 3.08 bits per heavy atom. The molecule has 2 N–H and O–H groups in total. The molecule has 1 aromatic heterocycles. The number of aromatic amines is 1. The fourth-order valence-electron chi connectivity index (χ4n) is 3.27. The van der Waals surface area contributed by atoms with Gasteiger partial charge in [0.15, 0.2) is 0 Å². The van der Waals surface area contributed by atoms with Crippen LogP contribution in [0.25, 0.3) is 11.0 Å². The lowest BCUT2D eigenvalue weighted by Gasteiger charge is -2.20. The standard InChI is InChI=1S/C18H26ClN5O/c1-23(2)14-7-9-24(11-14)12-18(25)20-8-3-4-17-21-15-6-5-13(19)10-16(15)22-17/h5-6,10,14H,3-4,7-9,11-12H2,1-2H3,(H,20,25)(H,21,22)/t14-/m0/s1. The summed E-state index contributed by atoms with van der Waals surface area (Å²) in [6.45, 7) is 3.13. The van der Waals surface area contributed by atoms with Crippen molar-refractivity contribution in [1.82, 2.24) is 25.1 Å². The fraction of sp³-hybridized carbons (Fsp3) is 0.556. The molecule has 1 aliphatic rings. The second kappa shape index (κ2) is 8.17. The molecule has 25 heavy (non-hydrogen) atoms. The van der Waals surface area contributed by atoms with Gasteiger partial charge in [0.05, 0.1) is 17.6 Å². The average Bonchev–Trinajstić information content (AvgIpc) is 3.17. The molecule has 1 aliphatic heterocycles. The molecule has 2 aromatic rings. The van der Waals surface area contributed by atoms with Crippen molar-refractivity contribution in [3.63, 3.8) is 0 Å². The van der Waals surface area contributed by atoms with Gasteiger partial charge in [-0.1, -0.05) is 11.6 Å². The van der Waals surface area contributed by atoms with Crippen LogP contribution in [0.4, 0.5) is 0 Å². The average molecular weight is 364 g/mol. The Kier molecular flexibility index (Phi) is 5.93. The number of likely N-dealkylation sites (tertiary alicyclic amines) is 1. The molecule has 0 spiro atoms. The summed E-state index contributed by atoms with van der Waals surface area (Å²) in [5, 5.41) is 3.71. The molecule has 0 saturated carbocycles. The molecule has 1 amide bonds. The largest absolute Gasteiger partial charge is 0.355 e. The number of benzene rings is 1. The third-order valence-corrected chi connectivity index (χ3v) is 4.99. The van der Waals surface area contributed by atoms with Crippen LogP contribution in [0.15, 0.2) is 18.2 Å². The number of likely N-dealkylation sites (N-methyl/N-ethyl adjacent to an activating group) is 1. The van der Waals surface area contributed by atoms with Gasteiger partial charge in [-0.05, 0) is 45.1 Å². The van der Waals surface area contributed by atoms with Gasteiger partial charge in [-0.25, -0.2) is 4.98 Å². The summed E-state index contributed by atoms with van der Waals surface area (Å²) in [7, 11) is 4.19. The van der Waals surface area contributed by atoms with E-state index in [1.54, 1.807) is 0 Å². The van der Waals surface area contributed by atoms with Crippen LogP contribution in [0.1, 0.15) is 18.7 Å². The van der Waals surface area contributed by atoms with Crippen LogP contribution in [0.5, 0.6) is 0 Å². The Morgan fingerprint density at radius 2 is 2.32 bits per heavy atom. The topological polar surface area (TPSA) is 64.3 Å². The Morgan fingerprint density at radius 1 is 1.48 bits per heavy atom. The maximum atomic E-state index is 12.1. The summed E-state index contributed by atoms with van der Waals surface area (Å²) >= 11 is 5.98. The second-order valence-electron chi connectivity index (χ2n) is 6.94. The highest BCUT2D eigenvalue weighted by molar-refractivity contribution is 6.31. The number of H-pyrrole nitrogens is 1. The molecular weight excluding hydrogens is 338 g/mol. The normalized spacial score (nSPS) is 18.3. The highest BCUT2D eigenvalue weighted by Gasteiger charge is 2.24. The van der Waals surface area contributed by atoms with Crippen LogP contribution in [0.3, 0.4) is 0 Å². The first-order chi connectivity index (χ1) is 12.0. The van der Waals surface area contributed by atoms with E-state index < -0.39 is 0 Å². The third-order valence-electron chi connectivity index (χ3n) is 4.75. The number of aryl methyl sites for hydroxylation is 1. The van der Waals surface area contributed by atoms with Crippen molar-refractivity contribution in [2.24, 2.45) is 0 Å². The molecular formula is C18H26ClN5O. The molecule has 0 aliphatic carbocycles. The van der Waals surface area contributed by atoms with Crippen molar-refractivity contribution in [1.29, 1.82) is 0 Å². The Bertz CT molecular complexity index is 729. The van der Waals surface area contributed by atoms with E-state index in [0.29, 0.717) is 24.2 Å². The van der Waals surface area contributed by atoms with E-state index >= 15 is 0 Å². The van der Waals surface area contributed by atoms with Crippen LogP contribution in [-0.2, 0) is 11.2 Å². The van der Waals surface area contributed by atoms with E-state index in [1.165, 1.54) is 0 Å². The predicted molar refractivity (Wildman–Crippen MR) is 101 cm³/mol. The molecule has 6 nitrogen and oxygen atoms in total. The summed E-state index contributed by atoms with van der Waals surface area (Å²) in [5.41, 5.74) is 1.88. The number of hydrogen-bond acceptors (Lipinski definition) is 4. The number of nitrogens with zero attached hydrogens (tertiary/aromatic N) is 3. The van der Waals surface area contributed by atoms with Gasteiger partial charge < -0.3 is 15.2 Å². The van der Waals surface area contributed by atoms with E-state index in [4.69, 9.17) is 11.6 Å². The number of amides is 1. The van der Waals surface area contributed by atoms with Gasteiger partial charge in [0.2, 0.25) is 5.91 Å². The first kappa shape index (κ1) is 18.2. The zero-order valence-corrected chi connectivity index (χ0v) is 15.6. The van der Waals surface area contributed by atoms with Crippen molar-refractivity contribution in [2.45, 2.75) is 25.3 Å². The number of fused-ring (bicyclic) bond motifs is 1. The highest BCUT2D eigenvalue weighted by atomic mass is 35.5. The smallest absolute Gasteiger partial charge is 0.234 e. The Balaban J connectivity index is 1.37. The van der Waals surface area contributed by atoms with E-state index in [-0.39, 0.29) is 5.91 Å². The van der Waals surface area contributed by atoms with Gasteiger partial charge in [-0.15, -0.1) is 0 Å². The minimum absolute atomic E-state index is 0.107. The molecule has 7 heteroatoms. The molecule has 0 bridgehead atoms. The van der Waals surface area contributed by atoms with Crippen LogP contribution in [0.2, 0.25) is 5.02 Å². The lowest BCUT2D eigenvalue weighted by molar-refractivity contribution is -0.122. The van der Waals surface area contributed by atoms with Gasteiger partial charge in [-0.3, -0.25) is 9.69 Å². The summed E-state index contributed by atoms with van der Waals surface area (Å²) in [5.74, 6) is 1.04. The van der Waals surface area contributed by atoms with Crippen molar-refractivity contribution in [2.75, 3.05) is 40.3 Å². The number of hydrogen-bond donors (Lipinski definition) is 2. The van der Waals surface area contributed by atoms with Gasteiger partial charge in [0.1, 0.15) is 5.82 Å². The van der Waals surface area contributed by atoms with Crippen LogP contribution in [0, 0.1) is 0 Å². The lowest BCUT2D eigenvalue weighted by Crippen LogP contribution is -2.38. The van der Waals surface area contributed by atoms with Crippen LogP contribution < -0.4 is 5.32 Å². The van der Waals surface area contributed by atoms with Crippen molar-refractivity contribution < 1.29 is 4.79 Å². The van der Waals surface area contributed by atoms with E-state index in [9.17, 15) is 4.79 Å². The monoisotopic (exact) mass is 363 g/mol. The molecule has 0 radical (unpaired) electrons. The first-order valence-corrected chi connectivity index (χ1v) is 9.18. The third kappa shape index (κ3) is 4.93. The number of aromatic nitrogens is 2. The molecule has 0 unspecified atom stereocenters. The first-order valence-electron chi connectivity index (χ1n) is 8.81. The Labute approximate surface area is 153 Å². The quantitative estimate of drug-likeness (QED) is 0.737. The van der Waals surface area contributed by atoms with Crippen LogP contribution >= 0.6 is 11.6 Å². The number of carbonyl (C=O) groups excluding carboxylic acids is 1. The maximum Gasteiger partial charge on any atom is 0.234 e. The molecule has 3 rings (SSSR count). The Hall–Kier alpha value is -1.63. The zero-order chi connectivity index (χ0) is 17.8. The van der Waals surface area contributed by atoms with Crippen LogP contribution in [-0.4, -0.2) is 72.0 Å². The maximum absolute atomic E-state index is 12.1. The molecule has 136 valence electrons. The van der Waals surface area contributed by atoms with E-state index in [0.717, 1.165) is 49.2 Å². The summed E-state index contributed by atoms with van der Waals surface area (Å²) in [4.78, 5) is 24.3. The molecule has 1 aromatic carbocycles. The number of imidazole rings is 1. The minimum atomic E-state index is 0.107. The van der Waals surface area contributed by atoms with Crippen molar-refractivity contribution >= 4 is 28.5 Å². The van der Waals surface area contributed by atoms with Crippen molar-refractivity contribution in [3.8, 4) is 0 Å². The molecule has 1 fully saturated rings. The summed E-state index contributed by atoms with van der Waals surface area (Å²) in [6, 6.07) is 6.20. The predicted octanol–water partition coefficient (Wildman–Crippen LogP) is 1.90. The molecule has 1 atom stereocenters. The van der Waals surface area contributed by atoms with Crippen molar-refractivity contribution in [3.05, 3.63) is 29.0 Å². The second-order valence-corrected chi connectivity index (χ2v) is 7.38. The van der Waals surface area contributed by atoms with Gasteiger partial charge in [0, 0.05) is 37.1 Å². The summed E-state index contributed by atoms with van der Waals surface area (Å²) in [6.07, 6.45) is 2.80. The lowest BCUT2D eigenvalue weighted by atomic mass is 10.2. The number of nitrogens with one attached hydrogen (secondary N) is 2. The zero-order valence-electron chi connectivity index (χ0n) is 14.9. The van der Waals surface area contributed by atoms with Gasteiger partial charge in [0.25, 0.3) is 0 Å². The summed E-state index contributed by atoms with van der Waals surface area (Å²) < 4.78 is 0. The highest BCUT2D eigenvalue weighted by Crippen LogP contribution is 2.17.